The molecule has 0 unspecified atom stereocenters. The monoisotopic (exact) mass is 323 g/mol. The van der Waals surface area contributed by atoms with Gasteiger partial charge in [-0.1, -0.05) is 42.5 Å². The number of hydrogen-bond acceptors (Lipinski definition) is 3. The van der Waals surface area contributed by atoms with Crippen molar-refractivity contribution in [1.82, 2.24) is 4.98 Å². The summed E-state index contributed by atoms with van der Waals surface area (Å²) in [5, 5.41) is 10.4. The smallest absolute Gasteiger partial charge is 0.199 e. The fourth-order valence-corrected chi connectivity index (χ4v) is 3.61. The molecule has 2 N–H and O–H groups in total. The minimum Gasteiger partial charge on any atom is -0.440 e. The number of aromatic nitrogens is 1. The molecule has 1 fully saturated rings. The van der Waals surface area contributed by atoms with Crippen molar-refractivity contribution < 1.29 is 14.4 Å². The van der Waals surface area contributed by atoms with Gasteiger partial charge in [-0.05, 0) is 17.7 Å². The largest absolute Gasteiger partial charge is 0.440 e. The van der Waals surface area contributed by atoms with Gasteiger partial charge in [0.1, 0.15) is 18.2 Å². The van der Waals surface area contributed by atoms with Crippen LogP contribution in [0.3, 0.4) is 0 Å². The number of nitrogens with zero attached hydrogens (tertiary/aromatic N) is 1. The number of rotatable bonds is 4. The molecule has 1 aliphatic rings. The van der Waals surface area contributed by atoms with Crippen LogP contribution in [0.5, 0.6) is 0 Å². The number of nitrogens with one attached hydrogen (secondary N) is 1. The van der Waals surface area contributed by atoms with Crippen molar-refractivity contribution in [3.8, 4) is 0 Å². The Morgan fingerprint density at radius 2 is 1.75 bits per heavy atom. The maximum Gasteiger partial charge on any atom is 0.199 e. The first kappa shape index (κ1) is 15.4. The van der Waals surface area contributed by atoms with Crippen molar-refractivity contribution in [2.75, 3.05) is 19.6 Å². The molecule has 2 heterocycles. The molecule has 0 radical (unpaired) electrons. The van der Waals surface area contributed by atoms with E-state index in [1.165, 1.54) is 4.90 Å². The lowest BCUT2D eigenvalue weighted by Crippen LogP contribution is -3.13. The van der Waals surface area contributed by atoms with Gasteiger partial charge in [0.25, 0.3) is 0 Å². The summed E-state index contributed by atoms with van der Waals surface area (Å²) < 4.78 is 5.92. The van der Waals surface area contributed by atoms with Gasteiger partial charge in [0.05, 0.1) is 13.1 Å². The highest BCUT2D eigenvalue weighted by Crippen LogP contribution is 2.26. The molecular weight excluding hydrogens is 300 g/mol. The Hall–Kier alpha value is -2.17. The molecule has 1 aromatic heterocycles. The SMILES string of the molecule is O[C@@H](C[NH+]1CCC(c2nc3ccccc3o2)CC1)c1ccccc1. The highest BCUT2D eigenvalue weighted by molar-refractivity contribution is 5.72. The third-order valence-corrected chi connectivity index (χ3v) is 5.02. The van der Waals surface area contributed by atoms with E-state index in [4.69, 9.17) is 4.42 Å². The number of hydrogen-bond donors (Lipinski definition) is 2. The standard InChI is InChI=1S/C20H22N2O2/c23-18(15-6-2-1-3-7-15)14-22-12-10-16(11-13-22)20-21-17-8-4-5-9-19(17)24-20/h1-9,16,18,23H,10-14H2/p+1/t18-/m0/s1. The fourth-order valence-electron chi connectivity index (χ4n) is 3.61. The molecule has 0 saturated carbocycles. The van der Waals surface area contributed by atoms with Crippen LogP contribution < -0.4 is 4.90 Å². The summed E-state index contributed by atoms with van der Waals surface area (Å²) in [6, 6.07) is 17.9. The molecule has 4 heteroatoms. The van der Waals surface area contributed by atoms with Crippen LogP contribution in [-0.2, 0) is 0 Å². The van der Waals surface area contributed by atoms with Crippen LogP contribution >= 0.6 is 0 Å². The molecule has 4 nitrogen and oxygen atoms in total. The zero-order valence-electron chi connectivity index (χ0n) is 13.7. The second kappa shape index (κ2) is 6.75. The number of aliphatic hydroxyl groups excluding tert-OH is 1. The van der Waals surface area contributed by atoms with Gasteiger partial charge < -0.3 is 14.4 Å². The van der Waals surface area contributed by atoms with Crippen molar-refractivity contribution in [1.29, 1.82) is 0 Å². The quantitative estimate of drug-likeness (QED) is 0.775. The van der Waals surface area contributed by atoms with E-state index in [0.717, 1.165) is 55.0 Å². The van der Waals surface area contributed by atoms with E-state index in [2.05, 4.69) is 4.98 Å². The summed E-state index contributed by atoms with van der Waals surface area (Å²) >= 11 is 0. The van der Waals surface area contributed by atoms with Crippen LogP contribution in [0.1, 0.15) is 36.3 Å². The second-order valence-electron chi connectivity index (χ2n) is 6.67. The van der Waals surface area contributed by atoms with Gasteiger partial charge in [0.2, 0.25) is 0 Å². The van der Waals surface area contributed by atoms with Crippen LogP contribution in [0.4, 0.5) is 0 Å². The van der Waals surface area contributed by atoms with Crippen molar-refractivity contribution >= 4 is 11.1 Å². The molecule has 3 aromatic rings. The van der Waals surface area contributed by atoms with E-state index < -0.39 is 0 Å². The average Bonchev–Trinajstić information content (AvgIpc) is 3.07. The van der Waals surface area contributed by atoms with Gasteiger partial charge >= 0.3 is 0 Å². The van der Waals surface area contributed by atoms with E-state index >= 15 is 0 Å². The molecule has 1 aliphatic heterocycles. The van der Waals surface area contributed by atoms with Gasteiger partial charge in [-0.3, -0.25) is 0 Å². The zero-order valence-corrected chi connectivity index (χ0v) is 13.7. The first-order chi connectivity index (χ1) is 11.8. The molecule has 4 rings (SSSR count). The van der Waals surface area contributed by atoms with E-state index in [1.54, 1.807) is 0 Å². The van der Waals surface area contributed by atoms with Crippen LogP contribution in [0.2, 0.25) is 0 Å². The molecular formula is C20H23N2O2+. The average molecular weight is 323 g/mol. The molecule has 24 heavy (non-hydrogen) atoms. The van der Waals surface area contributed by atoms with E-state index in [1.807, 2.05) is 54.6 Å². The summed E-state index contributed by atoms with van der Waals surface area (Å²) in [4.78, 5) is 6.10. The maximum absolute atomic E-state index is 10.4. The van der Waals surface area contributed by atoms with Gasteiger partial charge in [0, 0.05) is 18.8 Å². The van der Waals surface area contributed by atoms with Gasteiger partial charge in [-0.2, -0.15) is 0 Å². The second-order valence-corrected chi connectivity index (χ2v) is 6.67. The Bertz CT molecular complexity index is 759. The Morgan fingerprint density at radius 3 is 2.50 bits per heavy atom. The van der Waals surface area contributed by atoms with Crippen molar-refractivity contribution in [3.63, 3.8) is 0 Å². The summed E-state index contributed by atoms with van der Waals surface area (Å²) in [6.07, 6.45) is 1.73. The minimum atomic E-state index is -0.387. The highest BCUT2D eigenvalue weighted by Gasteiger charge is 2.28. The molecule has 0 amide bonds. The summed E-state index contributed by atoms with van der Waals surface area (Å²) in [7, 11) is 0. The van der Waals surface area contributed by atoms with Crippen LogP contribution in [0.25, 0.3) is 11.1 Å². The fraction of sp³-hybridized carbons (Fsp3) is 0.350. The predicted molar refractivity (Wildman–Crippen MR) is 92.9 cm³/mol. The first-order valence-electron chi connectivity index (χ1n) is 8.71. The van der Waals surface area contributed by atoms with Crippen LogP contribution in [0, 0.1) is 0 Å². The summed E-state index contributed by atoms with van der Waals surface area (Å²) in [5.74, 6) is 1.27. The third kappa shape index (κ3) is 3.21. The van der Waals surface area contributed by atoms with E-state index in [0.29, 0.717) is 5.92 Å². The number of benzene rings is 2. The lowest BCUT2D eigenvalue weighted by atomic mass is 9.96. The lowest BCUT2D eigenvalue weighted by Gasteiger charge is -2.29. The zero-order chi connectivity index (χ0) is 16.4. The van der Waals surface area contributed by atoms with Gasteiger partial charge in [0.15, 0.2) is 11.5 Å². The van der Waals surface area contributed by atoms with E-state index in [9.17, 15) is 5.11 Å². The molecule has 124 valence electrons. The predicted octanol–water partition coefficient (Wildman–Crippen LogP) is 2.32. The van der Waals surface area contributed by atoms with Crippen molar-refractivity contribution in [3.05, 3.63) is 66.1 Å². The Morgan fingerprint density at radius 1 is 1.04 bits per heavy atom. The minimum absolute atomic E-state index is 0.387. The molecule has 1 saturated heterocycles. The summed E-state index contributed by atoms with van der Waals surface area (Å²) in [6.45, 7) is 2.87. The molecule has 0 aliphatic carbocycles. The molecule has 2 aromatic carbocycles. The number of likely N-dealkylation sites (tertiary alicyclic amines) is 1. The summed E-state index contributed by atoms with van der Waals surface area (Å²) in [5.41, 5.74) is 2.83. The Kier molecular flexibility index (Phi) is 4.32. The topological polar surface area (TPSA) is 50.7 Å². The number of oxazole rings is 1. The van der Waals surface area contributed by atoms with Gasteiger partial charge in [-0.15, -0.1) is 0 Å². The van der Waals surface area contributed by atoms with E-state index in [-0.39, 0.29) is 6.10 Å². The molecule has 0 spiro atoms. The lowest BCUT2D eigenvalue weighted by molar-refractivity contribution is -0.909. The van der Waals surface area contributed by atoms with Crippen LogP contribution in [-0.4, -0.2) is 29.7 Å². The number of piperidine rings is 1. The van der Waals surface area contributed by atoms with Crippen molar-refractivity contribution in [2.24, 2.45) is 0 Å². The van der Waals surface area contributed by atoms with Crippen molar-refractivity contribution in [2.45, 2.75) is 24.9 Å². The Balaban J connectivity index is 1.36. The highest BCUT2D eigenvalue weighted by atomic mass is 16.3. The third-order valence-electron chi connectivity index (χ3n) is 5.02. The maximum atomic E-state index is 10.4. The molecule has 1 atom stereocenters. The number of fused-ring (bicyclic) bond motifs is 1. The Labute approximate surface area is 141 Å². The molecule has 0 bridgehead atoms. The number of quaternary nitrogens is 1. The normalized spacial score (nSPS) is 22.5. The number of para-hydroxylation sites is 2. The number of aliphatic hydroxyl groups is 1. The van der Waals surface area contributed by atoms with Crippen LogP contribution in [0.15, 0.2) is 59.0 Å². The first-order valence-corrected chi connectivity index (χ1v) is 8.71. The van der Waals surface area contributed by atoms with Gasteiger partial charge in [-0.25, -0.2) is 4.98 Å².